The molecule has 0 saturated carbocycles. The van der Waals surface area contributed by atoms with E-state index in [0.717, 1.165) is 0 Å². The number of nitrogens with one attached hydrogen (secondary N) is 1. The van der Waals surface area contributed by atoms with Gasteiger partial charge in [-0.25, -0.2) is 12.8 Å². The molecule has 0 bridgehead atoms. The lowest BCUT2D eigenvalue weighted by Gasteiger charge is -2.12. The fourth-order valence-corrected chi connectivity index (χ4v) is 3.52. The highest BCUT2D eigenvalue weighted by atomic mass is 35.5. The second-order valence-corrected chi connectivity index (χ2v) is 6.63. The minimum Gasteiger partial charge on any atom is -0.279 e. The topological polar surface area (TPSA) is 46.2 Å². The molecule has 0 amide bonds. The number of benzene rings is 2. The van der Waals surface area contributed by atoms with Gasteiger partial charge in [0.15, 0.2) is 0 Å². The van der Waals surface area contributed by atoms with Gasteiger partial charge in [-0.05, 0) is 48.9 Å². The third kappa shape index (κ3) is 3.23. The van der Waals surface area contributed by atoms with Crippen molar-refractivity contribution in [2.24, 2.45) is 0 Å². The molecule has 20 heavy (non-hydrogen) atoms. The van der Waals surface area contributed by atoms with Gasteiger partial charge in [0.05, 0.1) is 10.7 Å². The molecule has 0 radical (unpaired) electrons. The monoisotopic (exact) mass is 333 g/mol. The van der Waals surface area contributed by atoms with Crippen LogP contribution in [0.15, 0.2) is 41.3 Å². The van der Waals surface area contributed by atoms with E-state index in [9.17, 15) is 12.8 Å². The second kappa shape index (κ2) is 5.60. The number of halogens is 3. The Labute approximate surface area is 126 Å². The normalized spacial score (nSPS) is 11.4. The second-order valence-electron chi connectivity index (χ2n) is 4.14. The van der Waals surface area contributed by atoms with Gasteiger partial charge in [-0.3, -0.25) is 4.72 Å². The summed E-state index contributed by atoms with van der Waals surface area (Å²) in [6, 6.07) is 7.90. The molecule has 0 fully saturated rings. The smallest absolute Gasteiger partial charge is 0.263 e. The lowest BCUT2D eigenvalue weighted by atomic mass is 10.2. The Bertz CT molecular complexity index is 763. The van der Waals surface area contributed by atoms with E-state index in [0.29, 0.717) is 5.56 Å². The molecule has 3 nitrogen and oxygen atoms in total. The van der Waals surface area contributed by atoms with Gasteiger partial charge in [-0.1, -0.05) is 23.2 Å². The summed E-state index contributed by atoms with van der Waals surface area (Å²) in [5.41, 5.74) is 0.745. The van der Waals surface area contributed by atoms with Crippen LogP contribution in [0.2, 0.25) is 10.0 Å². The summed E-state index contributed by atoms with van der Waals surface area (Å²) < 4.78 is 39.9. The summed E-state index contributed by atoms with van der Waals surface area (Å²) in [4.78, 5) is -0.129. The van der Waals surface area contributed by atoms with Crippen LogP contribution in [0.4, 0.5) is 10.1 Å². The zero-order valence-corrected chi connectivity index (χ0v) is 12.7. The molecule has 0 aromatic heterocycles. The van der Waals surface area contributed by atoms with Crippen LogP contribution in [0, 0.1) is 12.7 Å². The van der Waals surface area contributed by atoms with E-state index in [1.54, 1.807) is 6.92 Å². The molecule has 7 heteroatoms. The molecule has 1 N–H and O–H groups in total. The molecule has 2 rings (SSSR count). The molecular formula is C13H10Cl2FNO2S. The van der Waals surface area contributed by atoms with E-state index < -0.39 is 15.8 Å². The van der Waals surface area contributed by atoms with Crippen molar-refractivity contribution >= 4 is 38.9 Å². The van der Waals surface area contributed by atoms with E-state index in [1.807, 2.05) is 0 Å². The van der Waals surface area contributed by atoms with Gasteiger partial charge in [0.1, 0.15) is 10.7 Å². The van der Waals surface area contributed by atoms with E-state index >= 15 is 0 Å². The first-order valence-electron chi connectivity index (χ1n) is 5.53. The van der Waals surface area contributed by atoms with Gasteiger partial charge in [-0.15, -0.1) is 0 Å². The zero-order valence-electron chi connectivity index (χ0n) is 10.3. The maximum atomic E-state index is 13.0. The summed E-state index contributed by atoms with van der Waals surface area (Å²) in [5.74, 6) is -0.439. The molecule has 0 atom stereocenters. The number of hydrogen-bond donors (Lipinski definition) is 1. The summed E-state index contributed by atoms with van der Waals surface area (Å²) in [7, 11) is -3.89. The first-order chi connectivity index (χ1) is 9.29. The van der Waals surface area contributed by atoms with Crippen molar-refractivity contribution in [2.45, 2.75) is 11.8 Å². The predicted octanol–water partition coefficient (Wildman–Crippen LogP) is 4.24. The summed E-state index contributed by atoms with van der Waals surface area (Å²) in [6.07, 6.45) is 0. The summed E-state index contributed by atoms with van der Waals surface area (Å²) in [6.45, 7) is 1.60. The fourth-order valence-electron chi connectivity index (χ4n) is 1.62. The van der Waals surface area contributed by atoms with Crippen molar-refractivity contribution < 1.29 is 12.8 Å². The van der Waals surface area contributed by atoms with Gasteiger partial charge in [0.2, 0.25) is 0 Å². The average Bonchev–Trinajstić information content (AvgIpc) is 2.35. The predicted molar refractivity (Wildman–Crippen MR) is 78.4 cm³/mol. The molecule has 0 aliphatic heterocycles. The minimum absolute atomic E-state index is 0.0571. The van der Waals surface area contributed by atoms with E-state index in [1.165, 1.54) is 36.4 Å². The van der Waals surface area contributed by atoms with Gasteiger partial charge in [-0.2, -0.15) is 0 Å². The van der Waals surface area contributed by atoms with Gasteiger partial charge >= 0.3 is 0 Å². The first kappa shape index (κ1) is 15.1. The van der Waals surface area contributed by atoms with Crippen molar-refractivity contribution in [3.63, 3.8) is 0 Å². The van der Waals surface area contributed by atoms with Crippen molar-refractivity contribution in [1.82, 2.24) is 0 Å². The van der Waals surface area contributed by atoms with Gasteiger partial charge < -0.3 is 0 Å². The number of anilines is 1. The minimum atomic E-state index is -3.89. The first-order valence-corrected chi connectivity index (χ1v) is 7.77. The van der Waals surface area contributed by atoms with E-state index in [2.05, 4.69) is 4.72 Å². The number of rotatable bonds is 3. The molecule has 0 spiro atoms. The van der Waals surface area contributed by atoms with Gasteiger partial charge in [0.25, 0.3) is 10.0 Å². The zero-order chi connectivity index (χ0) is 14.9. The third-order valence-electron chi connectivity index (χ3n) is 2.62. The third-order valence-corrected chi connectivity index (χ3v) is 4.70. The highest BCUT2D eigenvalue weighted by Crippen LogP contribution is 2.27. The highest BCUT2D eigenvalue weighted by molar-refractivity contribution is 7.92. The Morgan fingerprint density at radius 2 is 1.80 bits per heavy atom. The Morgan fingerprint density at radius 1 is 1.10 bits per heavy atom. The highest BCUT2D eigenvalue weighted by Gasteiger charge is 2.19. The van der Waals surface area contributed by atoms with Crippen LogP contribution in [-0.2, 0) is 10.0 Å². The Balaban J connectivity index is 2.43. The Hall–Kier alpha value is -1.30. The number of hydrogen-bond acceptors (Lipinski definition) is 2. The molecule has 0 saturated heterocycles. The van der Waals surface area contributed by atoms with Crippen LogP contribution < -0.4 is 4.72 Å². The maximum Gasteiger partial charge on any atom is 0.263 e. The SMILES string of the molecule is Cc1cc(F)ccc1NS(=O)(=O)c1cc(Cl)ccc1Cl. The summed E-state index contributed by atoms with van der Waals surface area (Å²) >= 11 is 11.7. The molecule has 2 aromatic rings. The Morgan fingerprint density at radius 3 is 2.45 bits per heavy atom. The van der Waals surface area contributed by atoms with Crippen molar-refractivity contribution in [1.29, 1.82) is 0 Å². The molecule has 0 heterocycles. The van der Waals surface area contributed by atoms with Crippen LogP contribution in [0.5, 0.6) is 0 Å². The van der Waals surface area contributed by atoms with E-state index in [-0.39, 0.29) is 20.6 Å². The lowest BCUT2D eigenvalue weighted by molar-refractivity contribution is 0.601. The fraction of sp³-hybridized carbons (Fsp3) is 0.0769. The van der Waals surface area contributed by atoms with Crippen LogP contribution in [-0.4, -0.2) is 8.42 Å². The van der Waals surface area contributed by atoms with Crippen molar-refractivity contribution in [3.05, 3.63) is 57.8 Å². The van der Waals surface area contributed by atoms with Gasteiger partial charge in [0, 0.05) is 5.02 Å². The lowest BCUT2D eigenvalue weighted by Crippen LogP contribution is -2.14. The van der Waals surface area contributed by atoms with Crippen LogP contribution in [0.3, 0.4) is 0 Å². The summed E-state index contributed by atoms with van der Waals surface area (Å²) in [5, 5.41) is 0.312. The standard InChI is InChI=1S/C13H10Cl2FNO2S/c1-8-6-10(16)3-5-12(8)17-20(18,19)13-7-9(14)2-4-11(13)15/h2-7,17H,1H3. The van der Waals surface area contributed by atoms with Crippen molar-refractivity contribution in [2.75, 3.05) is 4.72 Å². The average molecular weight is 334 g/mol. The molecule has 0 aliphatic rings. The van der Waals surface area contributed by atoms with Crippen LogP contribution >= 0.6 is 23.2 Å². The quantitative estimate of drug-likeness (QED) is 0.912. The Kier molecular flexibility index (Phi) is 4.22. The molecule has 2 aromatic carbocycles. The van der Waals surface area contributed by atoms with E-state index in [4.69, 9.17) is 23.2 Å². The molecule has 106 valence electrons. The van der Waals surface area contributed by atoms with Crippen LogP contribution in [0.1, 0.15) is 5.56 Å². The number of sulfonamides is 1. The molecule has 0 unspecified atom stereocenters. The number of aryl methyl sites for hydroxylation is 1. The largest absolute Gasteiger partial charge is 0.279 e. The molecular weight excluding hydrogens is 324 g/mol. The molecule has 0 aliphatic carbocycles. The van der Waals surface area contributed by atoms with Crippen molar-refractivity contribution in [3.8, 4) is 0 Å². The maximum absolute atomic E-state index is 13.0. The van der Waals surface area contributed by atoms with Crippen LogP contribution in [0.25, 0.3) is 0 Å².